The Kier molecular flexibility index (Phi) is 2.99. The third-order valence-electron chi connectivity index (χ3n) is 2.83. The molecule has 4 heteroatoms. The summed E-state index contributed by atoms with van der Waals surface area (Å²) >= 11 is 0. The van der Waals surface area contributed by atoms with E-state index < -0.39 is 0 Å². The van der Waals surface area contributed by atoms with E-state index in [1.165, 1.54) is 5.56 Å². The molecule has 1 unspecified atom stereocenters. The summed E-state index contributed by atoms with van der Waals surface area (Å²) in [5.74, 6) is 0.135. The Morgan fingerprint density at radius 1 is 1.50 bits per heavy atom. The first-order valence-electron chi connectivity index (χ1n) is 5.54. The lowest BCUT2D eigenvalue weighted by Crippen LogP contribution is -2.41. The molecule has 1 atom stereocenters. The molecule has 1 fully saturated rings. The van der Waals surface area contributed by atoms with E-state index in [0.29, 0.717) is 13.0 Å². The fourth-order valence-corrected chi connectivity index (χ4v) is 1.87. The molecule has 0 saturated carbocycles. The number of hydrogen-bond acceptors (Lipinski definition) is 3. The molecule has 1 heterocycles. The number of rotatable bonds is 2. The van der Waals surface area contributed by atoms with Crippen LogP contribution in [0.1, 0.15) is 18.4 Å². The highest BCUT2D eigenvalue weighted by Crippen LogP contribution is 2.21. The Labute approximate surface area is 95.2 Å². The maximum Gasteiger partial charge on any atom is 0.220 e. The van der Waals surface area contributed by atoms with E-state index in [2.05, 4.69) is 10.6 Å². The van der Waals surface area contributed by atoms with E-state index in [1.807, 2.05) is 25.1 Å². The van der Waals surface area contributed by atoms with Gasteiger partial charge in [-0.25, -0.2) is 0 Å². The van der Waals surface area contributed by atoms with Gasteiger partial charge in [-0.15, -0.1) is 0 Å². The maximum atomic E-state index is 11.0. The summed E-state index contributed by atoms with van der Waals surface area (Å²) in [6.45, 7) is 2.71. The highest BCUT2D eigenvalue weighted by molar-refractivity contribution is 5.77. The number of carbonyl (C=O) groups excluding carboxylic acids is 1. The summed E-state index contributed by atoms with van der Waals surface area (Å²) in [6, 6.07) is 6.20. The molecule has 1 amide bonds. The predicted molar refractivity (Wildman–Crippen MR) is 65.2 cm³/mol. The van der Waals surface area contributed by atoms with Crippen molar-refractivity contribution in [1.29, 1.82) is 0 Å². The summed E-state index contributed by atoms with van der Waals surface area (Å²) in [5, 5.41) is 6.21. The van der Waals surface area contributed by atoms with Gasteiger partial charge in [-0.05, 0) is 31.0 Å². The van der Waals surface area contributed by atoms with E-state index >= 15 is 0 Å². The quantitative estimate of drug-likeness (QED) is 0.656. The molecule has 0 radical (unpaired) electrons. The minimum Gasteiger partial charge on any atom is -0.397 e. The number of aryl methyl sites for hydroxylation is 1. The average Bonchev–Trinajstić information content (AvgIpc) is 2.27. The van der Waals surface area contributed by atoms with Gasteiger partial charge in [-0.3, -0.25) is 4.79 Å². The molecule has 0 aromatic heterocycles. The zero-order chi connectivity index (χ0) is 11.5. The van der Waals surface area contributed by atoms with Gasteiger partial charge in [-0.1, -0.05) is 6.07 Å². The lowest BCUT2D eigenvalue weighted by molar-refractivity contribution is -0.122. The van der Waals surface area contributed by atoms with Crippen LogP contribution in [0, 0.1) is 6.92 Å². The number of amides is 1. The Bertz CT molecular complexity index is 393. The largest absolute Gasteiger partial charge is 0.397 e. The number of nitrogen functional groups attached to an aromatic ring is 1. The molecule has 86 valence electrons. The van der Waals surface area contributed by atoms with Crippen molar-refractivity contribution in [3.8, 4) is 0 Å². The Morgan fingerprint density at radius 3 is 3.00 bits per heavy atom. The second-order valence-corrected chi connectivity index (χ2v) is 4.27. The number of anilines is 2. The van der Waals surface area contributed by atoms with Crippen LogP contribution in [0.5, 0.6) is 0 Å². The Balaban J connectivity index is 2.03. The van der Waals surface area contributed by atoms with Crippen LogP contribution in [0.3, 0.4) is 0 Å². The van der Waals surface area contributed by atoms with Gasteiger partial charge in [-0.2, -0.15) is 0 Å². The molecule has 0 aliphatic carbocycles. The molecule has 0 bridgehead atoms. The number of piperidine rings is 1. The van der Waals surface area contributed by atoms with E-state index in [9.17, 15) is 4.79 Å². The first-order valence-corrected chi connectivity index (χ1v) is 5.54. The standard InChI is InChI=1S/C12H17N3O/c1-8-2-4-10(13)11(6-8)15-9-3-5-12(16)14-7-9/h2,4,6,9,15H,3,5,7,13H2,1H3,(H,14,16). The third-order valence-corrected chi connectivity index (χ3v) is 2.83. The van der Waals surface area contributed by atoms with E-state index in [0.717, 1.165) is 17.8 Å². The van der Waals surface area contributed by atoms with Gasteiger partial charge in [0.2, 0.25) is 5.91 Å². The van der Waals surface area contributed by atoms with Crippen LogP contribution in [0.2, 0.25) is 0 Å². The molecular formula is C12H17N3O. The van der Waals surface area contributed by atoms with Crippen LogP contribution in [-0.4, -0.2) is 18.5 Å². The van der Waals surface area contributed by atoms with Crippen LogP contribution >= 0.6 is 0 Å². The van der Waals surface area contributed by atoms with E-state index in [-0.39, 0.29) is 11.9 Å². The van der Waals surface area contributed by atoms with Crippen LogP contribution in [0.25, 0.3) is 0 Å². The molecule has 0 spiro atoms. The first-order chi connectivity index (χ1) is 7.65. The SMILES string of the molecule is Cc1ccc(N)c(NC2CCC(=O)NC2)c1. The lowest BCUT2D eigenvalue weighted by Gasteiger charge is -2.25. The van der Waals surface area contributed by atoms with E-state index in [4.69, 9.17) is 5.73 Å². The fraction of sp³-hybridized carbons (Fsp3) is 0.417. The summed E-state index contributed by atoms with van der Waals surface area (Å²) in [6.07, 6.45) is 1.45. The van der Waals surface area contributed by atoms with Crippen molar-refractivity contribution in [2.45, 2.75) is 25.8 Å². The Morgan fingerprint density at radius 2 is 2.31 bits per heavy atom. The van der Waals surface area contributed by atoms with Crippen molar-refractivity contribution in [2.24, 2.45) is 0 Å². The molecular weight excluding hydrogens is 202 g/mol. The molecule has 16 heavy (non-hydrogen) atoms. The van der Waals surface area contributed by atoms with Crippen molar-refractivity contribution in [2.75, 3.05) is 17.6 Å². The second kappa shape index (κ2) is 4.43. The van der Waals surface area contributed by atoms with Gasteiger partial charge >= 0.3 is 0 Å². The van der Waals surface area contributed by atoms with Gasteiger partial charge < -0.3 is 16.4 Å². The van der Waals surface area contributed by atoms with Crippen molar-refractivity contribution in [3.05, 3.63) is 23.8 Å². The van der Waals surface area contributed by atoms with Gasteiger partial charge in [0, 0.05) is 19.0 Å². The van der Waals surface area contributed by atoms with Gasteiger partial charge in [0.05, 0.1) is 11.4 Å². The molecule has 1 aromatic rings. The number of carbonyl (C=O) groups is 1. The van der Waals surface area contributed by atoms with Crippen molar-refractivity contribution in [3.63, 3.8) is 0 Å². The molecule has 1 saturated heterocycles. The van der Waals surface area contributed by atoms with Gasteiger partial charge in [0.25, 0.3) is 0 Å². The second-order valence-electron chi connectivity index (χ2n) is 4.27. The molecule has 1 aliphatic heterocycles. The molecule has 1 aromatic carbocycles. The normalized spacial score (nSPS) is 20.3. The minimum absolute atomic E-state index is 0.135. The first kappa shape index (κ1) is 10.8. The maximum absolute atomic E-state index is 11.0. The van der Waals surface area contributed by atoms with Crippen LogP contribution in [-0.2, 0) is 4.79 Å². The van der Waals surface area contributed by atoms with Gasteiger partial charge in [0.15, 0.2) is 0 Å². The molecule has 2 rings (SSSR count). The number of hydrogen-bond donors (Lipinski definition) is 3. The topological polar surface area (TPSA) is 67.1 Å². The summed E-state index contributed by atoms with van der Waals surface area (Å²) < 4.78 is 0. The minimum atomic E-state index is 0.135. The van der Waals surface area contributed by atoms with E-state index in [1.54, 1.807) is 0 Å². The summed E-state index contributed by atoms with van der Waals surface area (Å²) in [5.41, 5.74) is 8.77. The predicted octanol–water partition coefficient (Wildman–Crippen LogP) is 1.27. The zero-order valence-corrected chi connectivity index (χ0v) is 9.42. The Hall–Kier alpha value is -1.71. The van der Waals surface area contributed by atoms with Crippen LogP contribution in [0.15, 0.2) is 18.2 Å². The third kappa shape index (κ3) is 2.45. The van der Waals surface area contributed by atoms with Crippen LogP contribution < -0.4 is 16.4 Å². The average molecular weight is 219 g/mol. The highest BCUT2D eigenvalue weighted by atomic mass is 16.1. The molecule has 1 aliphatic rings. The summed E-state index contributed by atoms with van der Waals surface area (Å²) in [4.78, 5) is 11.0. The molecule has 4 N–H and O–H groups in total. The monoisotopic (exact) mass is 219 g/mol. The fourth-order valence-electron chi connectivity index (χ4n) is 1.87. The van der Waals surface area contributed by atoms with Crippen molar-refractivity contribution >= 4 is 17.3 Å². The van der Waals surface area contributed by atoms with Gasteiger partial charge in [0.1, 0.15) is 0 Å². The van der Waals surface area contributed by atoms with Crippen LogP contribution in [0.4, 0.5) is 11.4 Å². The highest BCUT2D eigenvalue weighted by Gasteiger charge is 2.18. The van der Waals surface area contributed by atoms with Crippen molar-refractivity contribution in [1.82, 2.24) is 5.32 Å². The zero-order valence-electron chi connectivity index (χ0n) is 9.42. The number of nitrogens with two attached hydrogens (primary N) is 1. The smallest absolute Gasteiger partial charge is 0.220 e. The summed E-state index contributed by atoms with van der Waals surface area (Å²) in [7, 11) is 0. The molecule has 4 nitrogen and oxygen atoms in total. The lowest BCUT2D eigenvalue weighted by atomic mass is 10.1. The number of benzene rings is 1. The van der Waals surface area contributed by atoms with Crippen molar-refractivity contribution < 1.29 is 4.79 Å². The number of nitrogens with one attached hydrogen (secondary N) is 2.